The van der Waals surface area contributed by atoms with E-state index in [1.54, 1.807) is 6.07 Å². The van der Waals surface area contributed by atoms with E-state index in [9.17, 15) is 4.79 Å². The molecule has 2 rings (SSSR count). The molecule has 0 aliphatic rings. The summed E-state index contributed by atoms with van der Waals surface area (Å²) in [5, 5.41) is 0.700. The first kappa shape index (κ1) is 13.6. The van der Waals surface area contributed by atoms with Gasteiger partial charge in [-0.25, -0.2) is 0 Å². The Kier molecular flexibility index (Phi) is 4.58. The Labute approximate surface area is 118 Å². The summed E-state index contributed by atoms with van der Waals surface area (Å²) < 4.78 is 5.28. The SMILES string of the molecule is Cc1cccc(OC(=O)CCc2ccc(Cl)cc2)c1. The number of benzene rings is 2. The normalized spacial score (nSPS) is 10.2. The summed E-state index contributed by atoms with van der Waals surface area (Å²) in [5.41, 5.74) is 2.15. The minimum atomic E-state index is -0.222. The molecule has 3 heteroatoms. The van der Waals surface area contributed by atoms with Crippen molar-refractivity contribution >= 4 is 17.6 Å². The van der Waals surface area contributed by atoms with Crippen LogP contribution in [0.1, 0.15) is 17.5 Å². The van der Waals surface area contributed by atoms with Crippen molar-refractivity contribution in [3.05, 3.63) is 64.7 Å². The van der Waals surface area contributed by atoms with Crippen molar-refractivity contribution in [3.63, 3.8) is 0 Å². The van der Waals surface area contributed by atoms with Crippen LogP contribution in [0.3, 0.4) is 0 Å². The lowest BCUT2D eigenvalue weighted by atomic mass is 10.1. The van der Waals surface area contributed by atoms with Gasteiger partial charge in [0.1, 0.15) is 5.75 Å². The third kappa shape index (κ3) is 4.42. The summed E-state index contributed by atoms with van der Waals surface area (Å²) in [6, 6.07) is 15.0. The van der Waals surface area contributed by atoms with E-state index in [1.165, 1.54) is 0 Å². The van der Waals surface area contributed by atoms with Gasteiger partial charge in [0.2, 0.25) is 0 Å². The topological polar surface area (TPSA) is 26.3 Å². The van der Waals surface area contributed by atoms with Crippen molar-refractivity contribution < 1.29 is 9.53 Å². The largest absolute Gasteiger partial charge is 0.427 e. The molecular weight excluding hydrogens is 260 g/mol. The zero-order chi connectivity index (χ0) is 13.7. The quantitative estimate of drug-likeness (QED) is 0.617. The molecule has 0 aliphatic carbocycles. The van der Waals surface area contributed by atoms with Crippen LogP contribution in [0.15, 0.2) is 48.5 Å². The highest BCUT2D eigenvalue weighted by molar-refractivity contribution is 6.30. The molecule has 0 radical (unpaired) electrons. The number of esters is 1. The molecule has 98 valence electrons. The number of ether oxygens (including phenoxy) is 1. The molecule has 0 amide bonds. The van der Waals surface area contributed by atoms with Gasteiger partial charge in [0.15, 0.2) is 0 Å². The maximum atomic E-state index is 11.7. The van der Waals surface area contributed by atoms with Crippen molar-refractivity contribution in [3.8, 4) is 5.75 Å². The van der Waals surface area contributed by atoms with E-state index in [0.717, 1.165) is 11.1 Å². The Morgan fingerprint density at radius 1 is 1.16 bits per heavy atom. The van der Waals surface area contributed by atoms with Crippen LogP contribution in [0.25, 0.3) is 0 Å². The molecule has 0 atom stereocenters. The predicted molar refractivity (Wildman–Crippen MR) is 76.6 cm³/mol. The van der Waals surface area contributed by atoms with Gasteiger partial charge in [0, 0.05) is 11.4 Å². The van der Waals surface area contributed by atoms with Crippen LogP contribution in [0.4, 0.5) is 0 Å². The van der Waals surface area contributed by atoms with E-state index in [4.69, 9.17) is 16.3 Å². The van der Waals surface area contributed by atoms with Gasteiger partial charge in [-0.05, 0) is 48.7 Å². The lowest BCUT2D eigenvalue weighted by Gasteiger charge is -2.05. The third-order valence-electron chi connectivity index (χ3n) is 2.75. The lowest BCUT2D eigenvalue weighted by molar-refractivity contribution is -0.134. The lowest BCUT2D eigenvalue weighted by Crippen LogP contribution is -2.09. The van der Waals surface area contributed by atoms with Crippen molar-refractivity contribution in [1.29, 1.82) is 0 Å². The van der Waals surface area contributed by atoms with Gasteiger partial charge in [-0.1, -0.05) is 35.9 Å². The summed E-state index contributed by atoms with van der Waals surface area (Å²) >= 11 is 5.80. The zero-order valence-electron chi connectivity index (χ0n) is 10.7. The molecule has 0 aromatic heterocycles. The maximum absolute atomic E-state index is 11.7. The summed E-state index contributed by atoms with van der Waals surface area (Å²) in [4.78, 5) is 11.7. The Morgan fingerprint density at radius 3 is 2.58 bits per heavy atom. The molecule has 2 aromatic carbocycles. The van der Waals surface area contributed by atoms with Gasteiger partial charge >= 0.3 is 5.97 Å². The van der Waals surface area contributed by atoms with Crippen LogP contribution >= 0.6 is 11.6 Å². The Bertz CT molecular complexity index is 561. The highest BCUT2D eigenvalue weighted by Crippen LogP contribution is 2.14. The smallest absolute Gasteiger partial charge is 0.311 e. The van der Waals surface area contributed by atoms with E-state index in [0.29, 0.717) is 23.6 Å². The van der Waals surface area contributed by atoms with Crippen LogP contribution in [0, 0.1) is 6.92 Å². The van der Waals surface area contributed by atoms with Gasteiger partial charge in [-0.15, -0.1) is 0 Å². The molecule has 0 unspecified atom stereocenters. The average Bonchev–Trinajstić information content (AvgIpc) is 2.38. The third-order valence-corrected chi connectivity index (χ3v) is 3.00. The first-order valence-electron chi connectivity index (χ1n) is 6.15. The summed E-state index contributed by atoms with van der Waals surface area (Å²) in [5.74, 6) is 0.377. The predicted octanol–water partition coefficient (Wildman–Crippen LogP) is 4.19. The summed E-state index contributed by atoms with van der Waals surface area (Å²) in [7, 11) is 0. The highest BCUT2D eigenvalue weighted by Gasteiger charge is 2.05. The van der Waals surface area contributed by atoms with Crippen molar-refractivity contribution in [2.75, 3.05) is 0 Å². The number of hydrogen-bond acceptors (Lipinski definition) is 2. The molecule has 0 spiro atoms. The zero-order valence-corrected chi connectivity index (χ0v) is 11.5. The number of hydrogen-bond donors (Lipinski definition) is 0. The second kappa shape index (κ2) is 6.39. The van der Waals surface area contributed by atoms with Gasteiger partial charge in [-0.3, -0.25) is 4.79 Å². The fraction of sp³-hybridized carbons (Fsp3) is 0.188. The van der Waals surface area contributed by atoms with Crippen LogP contribution < -0.4 is 4.74 Å². The highest BCUT2D eigenvalue weighted by atomic mass is 35.5. The van der Waals surface area contributed by atoms with Crippen LogP contribution in [-0.4, -0.2) is 5.97 Å². The van der Waals surface area contributed by atoms with E-state index in [-0.39, 0.29) is 5.97 Å². The molecular formula is C16H15ClO2. The van der Waals surface area contributed by atoms with Gasteiger partial charge in [-0.2, -0.15) is 0 Å². The number of aryl methyl sites for hydroxylation is 2. The fourth-order valence-electron chi connectivity index (χ4n) is 1.76. The van der Waals surface area contributed by atoms with Crippen molar-refractivity contribution in [2.45, 2.75) is 19.8 Å². The number of halogens is 1. The van der Waals surface area contributed by atoms with E-state index in [2.05, 4.69) is 0 Å². The summed E-state index contributed by atoms with van der Waals surface area (Å²) in [6.45, 7) is 1.96. The Balaban J connectivity index is 1.86. The molecule has 0 aliphatic heterocycles. The standard InChI is InChI=1S/C16H15ClO2/c1-12-3-2-4-15(11-12)19-16(18)10-7-13-5-8-14(17)9-6-13/h2-6,8-9,11H,7,10H2,1H3. The van der Waals surface area contributed by atoms with E-state index < -0.39 is 0 Å². The minimum Gasteiger partial charge on any atom is -0.427 e. The van der Waals surface area contributed by atoms with Crippen molar-refractivity contribution in [2.24, 2.45) is 0 Å². The molecule has 0 heterocycles. The fourth-order valence-corrected chi connectivity index (χ4v) is 1.88. The first-order chi connectivity index (χ1) is 9.13. The van der Waals surface area contributed by atoms with Crippen LogP contribution in [-0.2, 0) is 11.2 Å². The Hall–Kier alpha value is -1.80. The molecule has 0 bridgehead atoms. The van der Waals surface area contributed by atoms with Gasteiger partial charge in [0.25, 0.3) is 0 Å². The number of carbonyl (C=O) groups is 1. The number of rotatable bonds is 4. The monoisotopic (exact) mass is 274 g/mol. The van der Waals surface area contributed by atoms with Crippen LogP contribution in [0.5, 0.6) is 5.75 Å². The molecule has 2 aromatic rings. The molecule has 19 heavy (non-hydrogen) atoms. The molecule has 0 saturated carbocycles. The van der Waals surface area contributed by atoms with E-state index >= 15 is 0 Å². The first-order valence-corrected chi connectivity index (χ1v) is 6.53. The molecule has 2 nitrogen and oxygen atoms in total. The van der Waals surface area contributed by atoms with Crippen LogP contribution in [0.2, 0.25) is 5.02 Å². The molecule has 0 saturated heterocycles. The average molecular weight is 275 g/mol. The summed E-state index contributed by atoms with van der Waals surface area (Å²) in [6.07, 6.45) is 1.01. The molecule has 0 fully saturated rings. The van der Waals surface area contributed by atoms with Gasteiger partial charge < -0.3 is 4.74 Å². The number of carbonyl (C=O) groups excluding carboxylic acids is 1. The van der Waals surface area contributed by atoms with Crippen molar-refractivity contribution in [1.82, 2.24) is 0 Å². The minimum absolute atomic E-state index is 0.222. The Morgan fingerprint density at radius 2 is 1.89 bits per heavy atom. The van der Waals surface area contributed by atoms with Gasteiger partial charge in [0.05, 0.1) is 0 Å². The second-order valence-corrected chi connectivity index (χ2v) is 4.85. The second-order valence-electron chi connectivity index (χ2n) is 4.42. The maximum Gasteiger partial charge on any atom is 0.311 e. The molecule has 0 N–H and O–H groups in total. The van der Waals surface area contributed by atoms with E-state index in [1.807, 2.05) is 49.4 Å².